The zero-order valence-corrected chi connectivity index (χ0v) is 12.3. The number of amides is 2. The van der Waals surface area contributed by atoms with Crippen molar-refractivity contribution >= 4 is 11.8 Å². The van der Waals surface area contributed by atoms with E-state index >= 15 is 0 Å². The Morgan fingerprint density at radius 3 is 2.42 bits per heavy atom. The van der Waals surface area contributed by atoms with Crippen LogP contribution in [0.1, 0.15) is 38.5 Å². The molecule has 0 atom stereocenters. The van der Waals surface area contributed by atoms with E-state index < -0.39 is 0 Å². The number of nitrogens with zero attached hydrogens (tertiary/aromatic N) is 2. The normalized spacial score (nSPS) is 16.1. The second-order valence-electron chi connectivity index (χ2n) is 5.39. The minimum absolute atomic E-state index is 0.0496. The first-order valence-corrected chi connectivity index (χ1v) is 7.29. The van der Waals surface area contributed by atoms with Gasteiger partial charge in [0.05, 0.1) is 0 Å². The molecule has 1 fully saturated rings. The number of likely N-dealkylation sites (tertiary alicyclic amines) is 1. The quantitative estimate of drug-likeness (QED) is 0.745. The van der Waals surface area contributed by atoms with E-state index in [0.717, 1.165) is 13.0 Å². The zero-order chi connectivity index (χ0) is 14.1. The highest BCUT2D eigenvalue weighted by Crippen LogP contribution is 2.09. The van der Waals surface area contributed by atoms with Crippen molar-refractivity contribution in [3.63, 3.8) is 0 Å². The van der Waals surface area contributed by atoms with E-state index in [1.807, 2.05) is 0 Å². The number of piperidine rings is 1. The van der Waals surface area contributed by atoms with Gasteiger partial charge in [-0.3, -0.25) is 9.59 Å². The molecule has 5 heteroatoms. The van der Waals surface area contributed by atoms with Crippen molar-refractivity contribution in [2.45, 2.75) is 38.5 Å². The van der Waals surface area contributed by atoms with Crippen LogP contribution in [0.25, 0.3) is 0 Å². The predicted octanol–water partition coefficient (Wildman–Crippen LogP) is 0.847. The second kappa shape index (κ2) is 8.91. The molecule has 1 rings (SSSR count). The smallest absolute Gasteiger partial charge is 0.223 e. The molecule has 19 heavy (non-hydrogen) atoms. The van der Waals surface area contributed by atoms with E-state index in [1.165, 1.54) is 32.4 Å². The highest BCUT2D eigenvalue weighted by Gasteiger charge is 2.10. The van der Waals surface area contributed by atoms with Crippen LogP contribution in [0.3, 0.4) is 0 Å². The van der Waals surface area contributed by atoms with E-state index in [4.69, 9.17) is 0 Å². The molecule has 110 valence electrons. The minimum Gasteiger partial charge on any atom is -0.356 e. The fourth-order valence-electron chi connectivity index (χ4n) is 2.27. The topological polar surface area (TPSA) is 52.7 Å². The van der Waals surface area contributed by atoms with E-state index in [0.29, 0.717) is 19.4 Å². The maximum atomic E-state index is 11.6. The molecular weight excluding hydrogens is 242 g/mol. The Morgan fingerprint density at radius 1 is 1.11 bits per heavy atom. The number of hydrogen-bond acceptors (Lipinski definition) is 3. The summed E-state index contributed by atoms with van der Waals surface area (Å²) in [5.41, 5.74) is 0. The van der Waals surface area contributed by atoms with Crippen molar-refractivity contribution in [2.24, 2.45) is 0 Å². The van der Waals surface area contributed by atoms with Gasteiger partial charge in [0, 0.05) is 33.5 Å². The Kier molecular flexibility index (Phi) is 7.48. The van der Waals surface area contributed by atoms with Crippen LogP contribution in [-0.4, -0.2) is 61.9 Å². The summed E-state index contributed by atoms with van der Waals surface area (Å²) >= 11 is 0. The molecule has 2 amide bonds. The van der Waals surface area contributed by atoms with Crippen molar-refractivity contribution < 1.29 is 9.59 Å². The van der Waals surface area contributed by atoms with Crippen LogP contribution in [0.15, 0.2) is 0 Å². The van der Waals surface area contributed by atoms with Gasteiger partial charge in [0.15, 0.2) is 0 Å². The third kappa shape index (κ3) is 7.15. The lowest BCUT2D eigenvalue weighted by atomic mass is 10.1. The molecule has 5 nitrogen and oxygen atoms in total. The van der Waals surface area contributed by atoms with Crippen LogP contribution in [0.2, 0.25) is 0 Å². The van der Waals surface area contributed by atoms with Crippen LogP contribution < -0.4 is 5.32 Å². The molecule has 0 aromatic rings. The number of rotatable bonds is 7. The lowest BCUT2D eigenvalue weighted by Crippen LogP contribution is -2.32. The van der Waals surface area contributed by atoms with Gasteiger partial charge in [-0.05, 0) is 38.9 Å². The highest BCUT2D eigenvalue weighted by molar-refractivity contribution is 5.78. The molecule has 0 bridgehead atoms. The van der Waals surface area contributed by atoms with Gasteiger partial charge < -0.3 is 15.1 Å². The van der Waals surface area contributed by atoms with Gasteiger partial charge in [0.2, 0.25) is 11.8 Å². The summed E-state index contributed by atoms with van der Waals surface area (Å²) in [6.07, 6.45) is 5.78. The molecule has 0 aliphatic carbocycles. The monoisotopic (exact) mass is 269 g/mol. The summed E-state index contributed by atoms with van der Waals surface area (Å²) in [4.78, 5) is 26.9. The second-order valence-corrected chi connectivity index (χ2v) is 5.39. The van der Waals surface area contributed by atoms with Crippen LogP contribution in [0.4, 0.5) is 0 Å². The van der Waals surface area contributed by atoms with Gasteiger partial charge in [-0.1, -0.05) is 6.42 Å². The Balaban J connectivity index is 2.00. The summed E-state index contributed by atoms with van der Waals surface area (Å²) in [6, 6.07) is 0. The maximum Gasteiger partial charge on any atom is 0.223 e. The van der Waals surface area contributed by atoms with Crippen molar-refractivity contribution in [1.82, 2.24) is 15.1 Å². The summed E-state index contributed by atoms with van der Waals surface area (Å²) in [6.45, 7) is 3.82. The highest BCUT2D eigenvalue weighted by atomic mass is 16.2. The standard InChI is InChI=1S/C14H27N3O2/c1-16(2)14(19)8-9-15-13(18)7-6-12-17-10-4-3-5-11-17/h3-12H2,1-2H3,(H,15,18). The molecule has 1 saturated heterocycles. The molecule has 1 heterocycles. The lowest BCUT2D eigenvalue weighted by Gasteiger charge is -2.26. The SMILES string of the molecule is CN(C)C(=O)CCNC(=O)CCCN1CCCCC1. The molecule has 0 saturated carbocycles. The Bertz CT molecular complexity index is 286. The third-order valence-electron chi connectivity index (χ3n) is 3.49. The van der Waals surface area contributed by atoms with Gasteiger partial charge in [0.1, 0.15) is 0 Å². The van der Waals surface area contributed by atoms with E-state index in [2.05, 4.69) is 10.2 Å². The van der Waals surface area contributed by atoms with Crippen LogP contribution >= 0.6 is 0 Å². The molecule has 0 spiro atoms. The van der Waals surface area contributed by atoms with E-state index in [9.17, 15) is 9.59 Å². The first kappa shape index (κ1) is 16.0. The largest absolute Gasteiger partial charge is 0.356 e. The van der Waals surface area contributed by atoms with Gasteiger partial charge in [-0.25, -0.2) is 0 Å². The van der Waals surface area contributed by atoms with Crippen molar-refractivity contribution in [3.8, 4) is 0 Å². The average molecular weight is 269 g/mol. The van der Waals surface area contributed by atoms with Gasteiger partial charge in [-0.2, -0.15) is 0 Å². The van der Waals surface area contributed by atoms with Crippen LogP contribution in [0.5, 0.6) is 0 Å². The number of hydrogen-bond donors (Lipinski definition) is 1. The maximum absolute atomic E-state index is 11.6. The zero-order valence-electron chi connectivity index (χ0n) is 12.3. The van der Waals surface area contributed by atoms with Crippen LogP contribution in [0, 0.1) is 0 Å². The average Bonchev–Trinajstić information content (AvgIpc) is 2.39. The molecule has 1 aliphatic rings. The van der Waals surface area contributed by atoms with Crippen molar-refractivity contribution in [3.05, 3.63) is 0 Å². The van der Waals surface area contributed by atoms with Crippen molar-refractivity contribution in [1.29, 1.82) is 0 Å². The summed E-state index contributed by atoms with van der Waals surface area (Å²) < 4.78 is 0. The molecular formula is C14H27N3O2. The number of carbonyl (C=O) groups is 2. The van der Waals surface area contributed by atoms with Crippen molar-refractivity contribution in [2.75, 3.05) is 40.3 Å². The van der Waals surface area contributed by atoms with E-state index in [-0.39, 0.29) is 11.8 Å². The van der Waals surface area contributed by atoms with Gasteiger partial charge in [-0.15, -0.1) is 0 Å². The Hall–Kier alpha value is -1.10. The summed E-state index contributed by atoms with van der Waals surface area (Å²) in [5.74, 6) is 0.109. The van der Waals surface area contributed by atoms with Gasteiger partial charge in [0.25, 0.3) is 0 Å². The molecule has 0 unspecified atom stereocenters. The van der Waals surface area contributed by atoms with Crippen LogP contribution in [-0.2, 0) is 9.59 Å². The fraction of sp³-hybridized carbons (Fsp3) is 0.857. The molecule has 1 N–H and O–H groups in total. The first-order valence-electron chi connectivity index (χ1n) is 7.29. The summed E-state index contributed by atoms with van der Waals surface area (Å²) in [7, 11) is 3.45. The minimum atomic E-state index is 0.0496. The first-order chi connectivity index (χ1) is 9.09. The molecule has 1 aliphatic heterocycles. The third-order valence-corrected chi connectivity index (χ3v) is 3.49. The number of nitrogens with one attached hydrogen (secondary N) is 1. The molecule has 0 aromatic heterocycles. The van der Waals surface area contributed by atoms with E-state index in [1.54, 1.807) is 19.0 Å². The summed E-state index contributed by atoms with van der Waals surface area (Å²) in [5, 5.41) is 2.80. The Labute approximate surface area is 116 Å². The molecule has 0 aromatic carbocycles. The predicted molar refractivity (Wildman–Crippen MR) is 75.8 cm³/mol. The lowest BCUT2D eigenvalue weighted by molar-refractivity contribution is -0.128. The number of carbonyl (C=O) groups excluding carboxylic acids is 2. The van der Waals surface area contributed by atoms with Gasteiger partial charge >= 0.3 is 0 Å². The fourth-order valence-corrected chi connectivity index (χ4v) is 2.27. The molecule has 0 radical (unpaired) electrons. The Morgan fingerprint density at radius 2 is 1.79 bits per heavy atom.